The van der Waals surface area contributed by atoms with Gasteiger partial charge in [0.1, 0.15) is 5.82 Å². The number of carbonyl (C=O) groups excluding carboxylic acids is 1. The molecule has 0 fully saturated rings. The van der Waals surface area contributed by atoms with Gasteiger partial charge in [0, 0.05) is 13.5 Å². The van der Waals surface area contributed by atoms with E-state index in [-0.39, 0.29) is 5.78 Å². The zero-order chi connectivity index (χ0) is 14.1. The number of rotatable bonds is 3. The highest BCUT2D eigenvalue weighted by Crippen LogP contribution is 2.34. The summed E-state index contributed by atoms with van der Waals surface area (Å²) in [4.78, 5) is 12.4. The van der Waals surface area contributed by atoms with Crippen molar-refractivity contribution in [1.82, 2.24) is 9.78 Å². The van der Waals surface area contributed by atoms with E-state index in [0.29, 0.717) is 23.7 Å². The molecule has 20 heavy (non-hydrogen) atoms. The molecule has 1 aromatic carbocycles. The van der Waals surface area contributed by atoms with Crippen molar-refractivity contribution < 1.29 is 4.79 Å². The molecule has 0 spiro atoms. The summed E-state index contributed by atoms with van der Waals surface area (Å²) in [6, 6.07) is 8.45. The van der Waals surface area contributed by atoms with Gasteiger partial charge in [-0.1, -0.05) is 24.3 Å². The molecule has 0 aliphatic heterocycles. The van der Waals surface area contributed by atoms with E-state index in [1.54, 1.807) is 17.9 Å². The van der Waals surface area contributed by atoms with Crippen LogP contribution in [0.3, 0.4) is 0 Å². The highest BCUT2D eigenvalue weighted by Gasteiger charge is 2.24. The normalized spacial score (nSPS) is 17.8. The van der Waals surface area contributed by atoms with Crippen LogP contribution in [0.1, 0.15) is 46.7 Å². The van der Waals surface area contributed by atoms with E-state index in [9.17, 15) is 4.79 Å². The SMILES string of the molecule is Cn1ncc(C(=O)CC2CCCc3ccccc32)c1N. The fourth-order valence-electron chi connectivity index (χ4n) is 3.06. The molecule has 104 valence electrons. The van der Waals surface area contributed by atoms with Crippen molar-refractivity contribution in [2.45, 2.75) is 31.6 Å². The zero-order valence-corrected chi connectivity index (χ0v) is 11.7. The third kappa shape index (κ3) is 2.22. The maximum absolute atomic E-state index is 12.4. The second-order valence-corrected chi connectivity index (χ2v) is 5.48. The van der Waals surface area contributed by atoms with Gasteiger partial charge in [0.05, 0.1) is 11.8 Å². The van der Waals surface area contributed by atoms with Crippen molar-refractivity contribution in [2.24, 2.45) is 7.05 Å². The summed E-state index contributed by atoms with van der Waals surface area (Å²) < 4.78 is 1.54. The molecule has 1 aliphatic rings. The molecule has 0 amide bonds. The average molecular weight is 269 g/mol. The first kappa shape index (κ1) is 12.9. The number of aryl methyl sites for hydroxylation is 2. The molecule has 4 nitrogen and oxygen atoms in total. The van der Waals surface area contributed by atoms with Crippen LogP contribution in [0.2, 0.25) is 0 Å². The Kier molecular flexibility index (Phi) is 3.30. The lowest BCUT2D eigenvalue weighted by molar-refractivity contribution is 0.0972. The Morgan fingerprint density at radius 1 is 1.45 bits per heavy atom. The van der Waals surface area contributed by atoms with Crippen molar-refractivity contribution in [3.63, 3.8) is 0 Å². The summed E-state index contributed by atoms with van der Waals surface area (Å²) in [6.07, 6.45) is 5.44. The Labute approximate surface area is 118 Å². The number of hydrogen-bond acceptors (Lipinski definition) is 3. The summed E-state index contributed by atoms with van der Waals surface area (Å²) in [5.41, 5.74) is 9.15. The summed E-state index contributed by atoms with van der Waals surface area (Å²) in [7, 11) is 1.75. The highest BCUT2D eigenvalue weighted by molar-refractivity contribution is 6.00. The van der Waals surface area contributed by atoms with Crippen LogP contribution in [-0.2, 0) is 13.5 Å². The van der Waals surface area contributed by atoms with Crippen LogP contribution < -0.4 is 5.73 Å². The van der Waals surface area contributed by atoms with Crippen LogP contribution in [0.4, 0.5) is 5.82 Å². The van der Waals surface area contributed by atoms with Crippen LogP contribution in [0.25, 0.3) is 0 Å². The van der Waals surface area contributed by atoms with Crippen LogP contribution in [0.5, 0.6) is 0 Å². The molecule has 0 bridgehead atoms. The Hall–Kier alpha value is -2.10. The predicted octanol–water partition coefficient (Wildman–Crippen LogP) is 2.70. The lowest BCUT2D eigenvalue weighted by atomic mass is 9.80. The van der Waals surface area contributed by atoms with Gasteiger partial charge in [-0.25, -0.2) is 0 Å². The van der Waals surface area contributed by atoms with Crippen LogP contribution >= 0.6 is 0 Å². The molecule has 1 heterocycles. The Morgan fingerprint density at radius 3 is 3.00 bits per heavy atom. The molecule has 3 rings (SSSR count). The van der Waals surface area contributed by atoms with Gasteiger partial charge in [-0.3, -0.25) is 9.48 Å². The van der Waals surface area contributed by atoms with Crippen LogP contribution in [0.15, 0.2) is 30.5 Å². The standard InChI is InChI=1S/C16H19N3O/c1-19-16(17)14(10-18-19)15(20)9-12-7-4-6-11-5-2-3-8-13(11)12/h2-3,5,8,10,12H,4,6-7,9,17H2,1H3. The third-order valence-electron chi connectivity index (χ3n) is 4.21. The lowest BCUT2D eigenvalue weighted by Gasteiger charge is -2.24. The molecule has 1 aliphatic carbocycles. The van der Waals surface area contributed by atoms with E-state index in [2.05, 4.69) is 29.4 Å². The quantitative estimate of drug-likeness (QED) is 0.871. The van der Waals surface area contributed by atoms with Gasteiger partial charge in [-0.2, -0.15) is 5.10 Å². The summed E-state index contributed by atoms with van der Waals surface area (Å²) in [5.74, 6) is 0.864. The van der Waals surface area contributed by atoms with Gasteiger partial charge in [0.2, 0.25) is 0 Å². The minimum Gasteiger partial charge on any atom is -0.383 e. The minimum absolute atomic E-state index is 0.0947. The molecular weight excluding hydrogens is 250 g/mol. The van der Waals surface area contributed by atoms with E-state index >= 15 is 0 Å². The fraction of sp³-hybridized carbons (Fsp3) is 0.375. The number of nitrogens with two attached hydrogens (primary N) is 1. The van der Waals surface area contributed by atoms with Crippen molar-refractivity contribution in [3.8, 4) is 0 Å². The molecule has 2 N–H and O–H groups in total. The molecule has 1 aromatic heterocycles. The van der Waals surface area contributed by atoms with Crippen LogP contribution in [0, 0.1) is 0 Å². The lowest BCUT2D eigenvalue weighted by Crippen LogP contribution is -2.14. The topological polar surface area (TPSA) is 60.9 Å². The van der Waals surface area contributed by atoms with Crippen molar-refractivity contribution >= 4 is 11.6 Å². The second-order valence-electron chi connectivity index (χ2n) is 5.48. The summed E-state index contributed by atoms with van der Waals surface area (Å²) >= 11 is 0. The van der Waals surface area contributed by atoms with Gasteiger partial charge in [0.15, 0.2) is 5.78 Å². The predicted molar refractivity (Wildman–Crippen MR) is 78.7 cm³/mol. The molecule has 1 unspecified atom stereocenters. The first-order chi connectivity index (χ1) is 9.66. The van der Waals surface area contributed by atoms with Crippen molar-refractivity contribution in [2.75, 3.05) is 5.73 Å². The average Bonchev–Trinajstić information content (AvgIpc) is 2.79. The van der Waals surface area contributed by atoms with Gasteiger partial charge >= 0.3 is 0 Å². The van der Waals surface area contributed by atoms with Crippen LogP contribution in [-0.4, -0.2) is 15.6 Å². The summed E-state index contributed by atoms with van der Waals surface area (Å²) in [5, 5.41) is 4.05. The van der Waals surface area contributed by atoms with E-state index in [1.165, 1.54) is 11.1 Å². The van der Waals surface area contributed by atoms with Gasteiger partial charge in [0.25, 0.3) is 0 Å². The molecule has 2 aromatic rings. The number of ketones is 1. The number of benzene rings is 1. The molecule has 1 atom stereocenters. The Morgan fingerprint density at radius 2 is 2.25 bits per heavy atom. The fourth-order valence-corrected chi connectivity index (χ4v) is 3.06. The molecule has 0 saturated heterocycles. The molecular formula is C16H19N3O. The third-order valence-corrected chi connectivity index (χ3v) is 4.21. The smallest absolute Gasteiger partial charge is 0.168 e. The van der Waals surface area contributed by atoms with Gasteiger partial charge < -0.3 is 5.73 Å². The minimum atomic E-state index is 0.0947. The Balaban J connectivity index is 1.82. The number of hydrogen-bond donors (Lipinski definition) is 1. The van der Waals surface area contributed by atoms with E-state index < -0.39 is 0 Å². The largest absolute Gasteiger partial charge is 0.383 e. The van der Waals surface area contributed by atoms with Crippen molar-refractivity contribution in [1.29, 1.82) is 0 Å². The number of fused-ring (bicyclic) bond motifs is 1. The summed E-state index contributed by atoms with van der Waals surface area (Å²) in [6.45, 7) is 0. The molecule has 0 radical (unpaired) electrons. The van der Waals surface area contributed by atoms with Gasteiger partial charge in [-0.15, -0.1) is 0 Å². The number of nitrogens with zero attached hydrogens (tertiary/aromatic N) is 2. The van der Waals surface area contributed by atoms with E-state index in [1.807, 2.05) is 0 Å². The monoisotopic (exact) mass is 269 g/mol. The molecule has 4 heteroatoms. The number of Topliss-reactive ketones (excluding diaryl/α,β-unsaturated/α-hetero) is 1. The number of aromatic nitrogens is 2. The zero-order valence-electron chi connectivity index (χ0n) is 11.7. The number of anilines is 1. The van der Waals surface area contributed by atoms with Gasteiger partial charge in [-0.05, 0) is 36.3 Å². The van der Waals surface area contributed by atoms with Crippen molar-refractivity contribution in [3.05, 3.63) is 47.2 Å². The first-order valence-corrected chi connectivity index (χ1v) is 7.05. The number of nitrogen functional groups attached to an aromatic ring is 1. The number of carbonyl (C=O) groups is 1. The Bertz CT molecular complexity index is 645. The molecule has 0 saturated carbocycles. The van der Waals surface area contributed by atoms with E-state index in [0.717, 1.165) is 19.3 Å². The highest BCUT2D eigenvalue weighted by atomic mass is 16.1. The maximum Gasteiger partial charge on any atom is 0.168 e. The second kappa shape index (κ2) is 5.12. The van der Waals surface area contributed by atoms with E-state index in [4.69, 9.17) is 5.73 Å². The maximum atomic E-state index is 12.4. The first-order valence-electron chi connectivity index (χ1n) is 7.05.